The average Bonchev–Trinajstić information content (AvgIpc) is 3.00. The summed E-state index contributed by atoms with van der Waals surface area (Å²) in [4.78, 5) is 9.71. The van der Waals surface area contributed by atoms with Gasteiger partial charge in [0.2, 0.25) is 0 Å². The Kier molecular flexibility index (Phi) is 7.18. The van der Waals surface area contributed by atoms with Crippen LogP contribution in [0.3, 0.4) is 0 Å². The fourth-order valence-electron chi connectivity index (χ4n) is 2.13. The lowest BCUT2D eigenvalue weighted by molar-refractivity contribution is 0.0243. The molecule has 0 bridgehead atoms. The molecule has 0 radical (unpaired) electrons. The Morgan fingerprint density at radius 1 is 1.55 bits per heavy atom. The highest BCUT2D eigenvalue weighted by Crippen LogP contribution is 2.23. The molecule has 0 aromatic carbocycles. The summed E-state index contributed by atoms with van der Waals surface area (Å²) >= 11 is 1.66. The molecule has 0 spiro atoms. The van der Waals surface area contributed by atoms with Crippen LogP contribution in [0.15, 0.2) is 10.5 Å². The predicted molar refractivity (Wildman–Crippen MR) is 94.1 cm³/mol. The minimum Gasteiger partial charge on any atom is -0.373 e. The van der Waals surface area contributed by atoms with Crippen LogP contribution in [0, 0.1) is 6.92 Å². The lowest BCUT2D eigenvalue weighted by Gasteiger charge is -2.24. The highest BCUT2D eigenvalue weighted by molar-refractivity contribution is 14.0. The first-order valence-electron chi connectivity index (χ1n) is 6.60. The van der Waals surface area contributed by atoms with E-state index in [-0.39, 0.29) is 29.6 Å². The van der Waals surface area contributed by atoms with E-state index >= 15 is 0 Å². The van der Waals surface area contributed by atoms with E-state index in [1.54, 1.807) is 18.4 Å². The van der Waals surface area contributed by atoms with Crippen molar-refractivity contribution in [3.8, 4) is 0 Å². The molecule has 1 fully saturated rings. The fourth-order valence-corrected chi connectivity index (χ4v) is 2.84. The number of aromatic nitrogens is 1. The van der Waals surface area contributed by atoms with Gasteiger partial charge in [0.1, 0.15) is 0 Å². The molecule has 0 aliphatic carbocycles. The smallest absolute Gasteiger partial charge is 0.191 e. The van der Waals surface area contributed by atoms with Crippen LogP contribution in [0.4, 0.5) is 0 Å². The molecule has 114 valence electrons. The molecule has 5 nitrogen and oxygen atoms in total. The van der Waals surface area contributed by atoms with Crippen molar-refractivity contribution in [1.29, 1.82) is 0 Å². The number of hydrogen-bond donors (Lipinski definition) is 2. The number of rotatable bonds is 4. The Balaban J connectivity index is 0.00000200. The molecule has 0 saturated carbocycles. The molecule has 1 aromatic rings. The number of thiazole rings is 1. The molecule has 1 aliphatic heterocycles. The van der Waals surface area contributed by atoms with Crippen molar-refractivity contribution in [2.24, 2.45) is 4.99 Å². The number of nitrogens with zero attached hydrogens (tertiary/aromatic N) is 2. The molecule has 2 heterocycles. The van der Waals surface area contributed by atoms with Crippen molar-refractivity contribution in [2.45, 2.75) is 38.8 Å². The Morgan fingerprint density at radius 2 is 2.35 bits per heavy atom. The van der Waals surface area contributed by atoms with E-state index in [0.29, 0.717) is 0 Å². The van der Waals surface area contributed by atoms with Crippen LogP contribution in [0.2, 0.25) is 0 Å². The van der Waals surface area contributed by atoms with Gasteiger partial charge in [-0.1, -0.05) is 0 Å². The number of hydrogen-bond acceptors (Lipinski definition) is 4. The van der Waals surface area contributed by atoms with Crippen LogP contribution >= 0.6 is 35.3 Å². The van der Waals surface area contributed by atoms with E-state index in [4.69, 9.17) is 4.74 Å². The predicted octanol–water partition coefficient (Wildman–Crippen LogP) is 2.30. The third-order valence-electron chi connectivity index (χ3n) is 3.42. The first-order chi connectivity index (χ1) is 9.13. The van der Waals surface area contributed by atoms with Gasteiger partial charge in [-0.15, -0.1) is 35.3 Å². The Labute approximate surface area is 141 Å². The van der Waals surface area contributed by atoms with Crippen LogP contribution in [-0.2, 0) is 11.3 Å². The Bertz CT molecular complexity index is 443. The maximum Gasteiger partial charge on any atom is 0.191 e. The minimum atomic E-state index is -0.0575. The number of aliphatic imine (C=N–C) groups is 1. The van der Waals surface area contributed by atoms with Gasteiger partial charge in [-0.25, -0.2) is 4.98 Å². The molecule has 7 heteroatoms. The van der Waals surface area contributed by atoms with Gasteiger partial charge in [0, 0.05) is 25.1 Å². The van der Waals surface area contributed by atoms with Gasteiger partial charge >= 0.3 is 0 Å². The summed E-state index contributed by atoms with van der Waals surface area (Å²) in [7, 11) is 1.78. The van der Waals surface area contributed by atoms with Crippen molar-refractivity contribution < 1.29 is 4.74 Å². The molecule has 0 amide bonds. The summed E-state index contributed by atoms with van der Waals surface area (Å²) in [6.07, 6.45) is 2.25. The van der Waals surface area contributed by atoms with Crippen LogP contribution in [0.25, 0.3) is 0 Å². The summed E-state index contributed by atoms with van der Waals surface area (Å²) in [5, 5.41) is 6.64. The van der Waals surface area contributed by atoms with E-state index in [1.165, 1.54) is 4.88 Å². The van der Waals surface area contributed by atoms with Crippen LogP contribution < -0.4 is 10.6 Å². The molecule has 2 N–H and O–H groups in total. The zero-order chi connectivity index (χ0) is 13.7. The van der Waals surface area contributed by atoms with Crippen LogP contribution in [-0.4, -0.2) is 36.7 Å². The topological polar surface area (TPSA) is 58.5 Å². The molecule has 20 heavy (non-hydrogen) atoms. The molecular formula is C13H23IN4OS. The third kappa shape index (κ3) is 4.85. The summed E-state index contributed by atoms with van der Waals surface area (Å²) in [6, 6.07) is 0. The van der Waals surface area contributed by atoms with E-state index in [1.807, 2.05) is 12.4 Å². The first-order valence-corrected chi connectivity index (χ1v) is 7.48. The molecule has 1 aromatic heterocycles. The van der Waals surface area contributed by atoms with Crippen molar-refractivity contribution in [2.75, 3.05) is 20.2 Å². The van der Waals surface area contributed by atoms with Crippen LogP contribution in [0.1, 0.15) is 30.3 Å². The zero-order valence-electron chi connectivity index (χ0n) is 12.2. The highest BCUT2D eigenvalue weighted by atomic mass is 127. The molecular weight excluding hydrogens is 387 g/mol. The van der Waals surface area contributed by atoms with E-state index in [2.05, 4.69) is 27.5 Å². The average molecular weight is 410 g/mol. The largest absolute Gasteiger partial charge is 0.373 e. The number of halogens is 1. The molecule has 2 rings (SSSR count). The lowest BCUT2D eigenvalue weighted by Crippen LogP contribution is -2.45. The van der Waals surface area contributed by atoms with Gasteiger partial charge in [-0.2, -0.15) is 0 Å². The quantitative estimate of drug-likeness (QED) is 0.455. The second-order valence-electron chi connectivity index (χ2n) is 5.04. The molecule has 1 aliphatic rings. The molecule has 1 atom stereocenters. The van der Waals surface area contributed by atoms with Gasteiger partial charge in [0.25, 0.3) is 0 Å². The lowest BCUT2D eigenvalue weighted by atomic mass is 10.0. The number of ether oxygens (including phenoxy) is 1. The first kappa shape index (κ1) is 17.6. The van der Waals surface area contributed by atoms with Crippen molar-refractivity contribution >= 4 is 41.3 Å². The van der Waals surface area contributed by atoms with Crippen molar-refractivity contribution in [1.82, 2.24) is 15.6 Å². The Hall–Kier alpha value is -0.410. The second-order valence-corrected chi connectivity index (χ2v) is 5.98. The Morgan fingerprint density at radius 3 is 2.90 bits per heavy atom. The third-order valence-corrected chi connectivity index (χ3v) is 4.35. The number of aryl methyl sites for hydroxylation is 1. The van der Waals surface area contributed by atoms with Gasteiger partial charge in [0.05, 0.1) is 23.4 Å². The van der Waals surface area contributed by atoms with E-state index in [9.17, 15) is 0 Å². The van der Waals surface area contributed by atoms with Crippen molar-refractivity contribution in [3.05, 3.63) is 16.1 Å². The van der Waals surface area contributed by atoms with Crippen LogP contribution in [0.5, 0.6) is 0 Å². The van der Waals surface area contributed by atoms with E-state index in [0.717, 1.165) is 44.2 Å². The highest BCUT2D eigenvalue weighted by Gasteiger charge is 2.29. The summed E-state index contributed by atoms with van der Waals surface area (Å²) < 4.78 is 5.75. The van der Waals surface area contributed by atoms with Gasteiger partial charge in [-0.3, -0.25) is 4.99 Å². The SMILES string of the molecule is CN=C(NCc1scnc1C)NCC1(C)CCCO1.I. The summed E-state index contributed by atoms with van der Waals surface area (Å²) in [5.74, 6) is 0.810. The number of guanidine groups is 1. The van der Waals surface area contributed by atoms with Gasteiger partial charge in [0.15, 0.2) is 5.96 Å². The standard InChI is InChI=1S/C13H22N4OS.HI/c1-10-11(19-9-17-10)7-15-12(14-3)16-8-13(2)5-4-6-18-13;/h9H,4-8H2,1-3H3,(H2,14,15,16);1H. The minimum absolute atomic E-state index is 0. The zero-order valence-corrected chi connectivity index (χ0v) is 15.4. The van der Waals surface area contributed by atoms with E-state index < -0.39 is 0 Å². The second kappa shape index (κ2) is 8.14. The maximum absolute atomic E-state index is 5.75. The summed E-state index contributed by atoms with van der Waals surface area (Å²) in [6.45, 7) is 6.58. The molecule has 1 unspecified atom stereocenters. The van der Waals surface area contributed by atoms with Gasteiger partial charge in [-0.05, 0) is 26.7 Å². The number of nitrogens with one attached hydrogen (secondary N) is 2. The van der Waals surface area contributed by atoms with Gasteiger partial charge < -0.3 is 15.4 Å². The summed E-state index contributed by atoms with van der Waals surface area (Å²) in [5.41, 5.74) is 2.90. The monoisotopic (exact) mass is 410 g/mol. The maximum atomic E-state index is 5.75. The normalized spacial score (nSPS) is 22.4. The van der Waals surface area contributed by atoms with Crippen molar-refractivity contribution in [3.63, 3.8) is 0 Å². The molecule has 1 saturated heterocycles. The fraction of sp³-hybridized carbons (Fsp3) is 0.692.